The molecule has 118 valence electrons. The maximum Gasteiger partial charge on any atom is 0.260 e. The van der Waals surface area contributed by atoms with E-state index in [0.29, 0.717) is 11.9 Å². The zero-order valence-electron chi connectivity index (χ0n) is 13.4. The van der Waals surface area contributed by atoms with Gasteiger partial charge in [-0.05, 0) is 18.1 Å². The molecular weight excluding hydrogens is 298 g/mol. The van der Waals surface area contributed by atoms with Gasteiger partial charge in [-0.3, -0.25) is 4.79 Å². The summed E-state index contributed by atoms with van der Waals surface area (Å²) in [5, 5.41) is 0.650. The highest BCUT2D eigenvalue weighted by molar-refractivity contribution is 5.95. The van der Waals surface area contributed by atoms with Crippen molar-refractivity contribution in [2.24, 2.45) is 0 Å². The molecule has 0 saturated carbocycles. The van der Waals surface area contributed by atoms with E-state index in [9.17, 15) is 4.79 Å². The topological polar surface area (TPSA) is 50.7 Å². The molecular formula is C20H17N3O. The van der Waals surface area contributed by atoms with E-state index in [0.717, 1.165) is 22.5 Å². The van der Waals surface area contributed by atoms with E-state index in [1.165, 1.54) is 11.9 Å². The molecule has 1 N–H and O–H groups in total. The molecule has 24 heavy (non-hydrogen) atoms. The summed E-state index contributed by atoms with van der Waals surface area (Å²) in [5.41, 5.74) is 4.83. The van der Waals surface area contributed by atoms with Gasteiger partial charge in [0.25, 0.3) is 5.56 Å². The fourth-order valence-electron chi connectivity index (χ4n) is 3.21. The molecule has 0 saturated heterocycles. The second kappa shape index (κ2) is 5.81. The number of rotatable bonds is 3. The van der Waals surface area contributed by atoms with Crippen molar-refractivity contribution in [1.82, 2.24) is 14.5 Å². The summed E-state index contributed by atoms with van der Waals surface area (Å²) in [5.74, 6) is 0. The summed E-state index contributed by atoms with van der Waals surface area (Å²) in [6.45, 7) is 2.73. The first-order chi connectivity index (χ1) is 11.8. The highest BCUT2D eigenvalue weighted by atomic mass is 16.1. The molecule has 0 spiro atoms. The molecule has 4 rings (SSSR count). The Balaban J connectivity index is 2.00. The summed E-state index contributed by atoms with van der Waals surface area (Å²) in [7, 11) is 0. The lowest BCUT2D eigenvalue weighted by atomic mass is 10.0. The lowest BCUT2D eigenvalue weighted by molar-refractivity contribution is 0.794. The number of fused-ring (bicyclic) bond motifs is 1. The summed E-state index contributed by atoms with van der Waals surface area (Å²) in [6.07, 6.45) is 1.47. The molecule has 0 radical (unpaired) electrons. The average Bonchev–Trinajstić information content (AvgIpc) is 2.90. The van der Waals surface area contributed by atoms with Crippen LogP contribution >= 0.6 is 0 Å². The van der Waals surface area contributed by atoms with Crippen LogP contribution in [0.4, 0.5) is 0 Å². The fourth-order valence-corrected chi connectivity index (χ4v) is 3.21. The second-order valence-electron chi connectivity index (χ2n) is 5.83. The van der Waals surface area contributed by atoms with E-state index in [2.05, 4.69) is 26.7 Å². The van der Waals surface area contributed by atoms with Gasteiger partial charge >= 0.3 is 0 Å². The lowest BCUT2D eigenvalue weighted by Gasteiger charge is -2.08. The predicted molar refractivity (Wildman–Crippen MR) is 96.1 cm³/mol. The Labute approximate surface area is 139 Å². The van der Waals surface area contributed by atoms with Crippen molar-refractivity contribution in [2.45, 2.75) is 13.5 Å². The second-order valence-corrected chi connectivity index (χ2v) is 5.83. The molecule has 0 atom stereocenters. The van der Waals surface area contributed by atoms with Gasteiger partial charge in [-0.15, -0.1) is 0 Å². The van der Waals surface area contributed by atoms with E-state index < -0.39 is 0 Å². The van der Waals surface area contributed by atoms with E-state index in [1.54, 1.807) is 0 Å². The highest BCUT2D eigenvalue weighted by Crippen LogP contribution is 2.31. The third-order valence-electron chi connectivity index (χ3n) is 4.35. The van der Waals surface area contributed by atoms with Gasteiger partial charge in [-0.2, -0.15) is 0 Å². The number of H-pyrrole nitrogens is 1. The normalized spacial score (nSPS) is 11.0. The van der Waals surface area contributed by atoms with Crippen LogP contribution in [0.2, 0.25) is 0 Å². The Bertz CT molecular complexity index is 1050. The van der Waals surface area contributed by atoms with Crippen molar-refractivity contribution in [2.75, 3.05) is 0 Å². The first-order valence-corrected chi connectivity index (χ1v) is 7.91. The van der Waals surface area contributed by atoms with Crippen LogP contribution in [0.15, 0.2) is 71.8 Å². The van der Waals surface area contributed by atoms with Gasteiger partial charge in [0.05, 0.1) is 11.7 Å². The summed E-state index contributed by atoms with van der Waals surface area (Å²) < 4.78 is 2.11. The molecule has 0 bridgehead atoms. The Morgan fingerprint density at radius 1 is 1.00 bits per heavy atom. The minimum atomic E-state index is -0.103. The quantitative estimate of drug-likeness (QED) is 0.626. The Kier molecular flexibility index (Phi) is 3.50. The van der Waals surface area contributed by atoms with Crippen molar-refractivity contribution in [3.8, 4) is 11.1 Å². The molecule has 0 unspecified atom stereocenters. The number of nitrogens with zero attached hydrogens (tertiary/aromatic N) is 2. The number of aromatic amines is 1. The van der Waals surface area contributed by atoms with Crippen LogP contribution in [0.5, 0.6) is 0 Å². The molecule has 2 aromatic carbocycles. The van der Waals surface area contributed by atoms with Crippen molar-refractivity contribution in [1.29, 1.82) is 0 Å². The van der Waals surface area contributed by atoms with Crippen LogP contribution in [-0.4, -0.2) is 14.5 Å². The minimum Gasteiger partial charge on any atom is -0.325 e. The molecule has 0 amide bonds. The number of nitrogens with one attached hydrogen (secondary N) is 1. The van der Waals surface area contributed by atoms with Crippen LogP contribution in [0, 0.1) is 6.92 Å². The van der Waals surface area contributed by atoms with E-state index in [-0.39, 0.29) is 5.56 Å². The van der Waals surface area contributed by atoms with Crippen molar-refractivity contribution >= 4 is 11.0 Å². The Hall–Kier alpha value is -3.14. The van der Waals surface area contributed by atoms with Gasteiger partial charge < -0.3 is 9.55 Å². The van der Waals surface area contributed by atoms with Gasteiger partial charge in [0.1, 0.15) is 5.65 Å². The van der Waals surface area contributed by atoms with Crippen LogP contribution in [0.25, 0.3) is 22.2 Å². The average molecular weight is 315 g/mol. The van der Waals surface area contributed by atoms with Gasteiger partial charge in [-0.1, -0.05) is 60.7 Å². The molecule has 2 aromatic heterocycles. The smallest absolute Gasteiger partial charge is 0.260 e. The maximum atomic E-state index is 12.5. The lowest BCUT2D eigenvalue weighted by Crippen LogP contribution is -2.08. The first-order valence-electron chi connectivity index (χ1n) is 7.91. The van der Waals surface area contributed by atoms with Gasteiger partial charge in [0.15, 0.2) is 0 Å². The predicted octanol–water partition coefficient (Wildman–Crippen LogP) is 3.75. The molecule has 2 heterocycles. The molecule has 0 aliphatic carbocycles. The van der Waals surface area contributed by atoms with Gasteiger partial charge in [0, 0.05) is 17.8 Å². The third kappa shape index (κ3) is 2.33. The van der Waals surface area contributed by atoms with Crippen LogP contribution in [0.1, 0.15) is 11.3 Å². The SMILES string of the molecule is Cc1c(-c2ccccc2)c2c(=O)[nH]cnc2n1Cc1ccccc1. The fraction of sp³-hybridized carbons (Fsp3) is 0.100. The number of hydrogen-bond donors (Lipinski definition) is 1. The Morgan fingerprint density at radius 3 is 2.38 bits per heavy atom. The van der Waals surface area contributed by atoms with Crippen LogP contribution in [0.3, 0.4) is 0 Å². The molecule has 0 aliphatic heterocycles. The highest BCUT2D eigenvalue weighted by Gasteiger charge is 2.19. The standard InChI is InChI=1S/C20H17N3O/c1-14-17(16-10-6-3-7-11-16)18-19(21-13-22-20(18)24)23(14)12-15-8-4-2-5-9-15/h2-11,13H,12H2,1H3,(H,21,22,24). The van der Waals surface area contributed by atoms with E-state index in [1.807, 2.05) is 55.5 Å². The number of hydrogen-bond acceptors (Lipinski definition) is 2. The zero-order chi connectivity index (χ0) is 16.5. The third-order valence-corrected chi connectivity index (χ3v) is 4.35. The van der Waals surface area contributed by atoms with E-state index in [4.69, 9.17) is 0 Å². The summed E-state index contributed by atoms with van der Waals surface area (Å²) in [6, 6.07) is 20.2. The molecule has 4 aromatic rings. The monoisotopic (exact) mass is 315 g/mol. The van der Waals surface area contributed by atoms with Crippen LogP contribution < -0.4 is 5.56 Å². The first kappa shape index (κ1) is 14.5. The van der Waals surface area contributed by atoms with Crippen LogP contribution in [-0.2, 0) is 6.54 Å². The number of aromatic nitrogens is 3. The summed E-state index contributed by atoms with van der Waals surface area (Å²) in [4.78, 5) is 19.6. The maximum absolute atomic E-state index is 12.5. The van der Waals surface area contributed by atoms with E-state index >= 15 is 0 Å². The largest absolute Gasteiger partial charge is 0.325 e. The molecule has 4 nitrogen and oxygen atoms in total. The molecule has 4 heteroatoms. The minimum absolute atomic E-state index is 0.103. The Morgan fingerprint density at radius 2 is 1.67 bits per heavy atom. The zero-order valence-corrected chi connectivity index (χ0v) is 13.4. The molecule has 0 aliphatic rings. The van der Waals surface area contributed by atoms with Gasteiger partial charge in [-0.25, -0.2) is 4.98 Å². The summed E-state index contributed by atoms with van der Waals surface area (Å²) >= 11 is 0. The molecule has 0 fully saturated rings. The van der Waals surface area contributed by atoms with Gasteiger partial charge in [0.2, 0.25) is 0 Å². The van der Waals surface area contributed by atoms with Crippen molar-refractivity contribution < 1.29 is 0 Å². The van der Waals surface area contributed by atoms with Crippen molar-refractivity contribution in [3.63, 3.8) is 0 Å². The number of benzene rings is 2. The van der Waals surface area contributed by atoms with Crippen molar-refractivity contribution in [3.05, 3.63) is 88.6 Å².